The van der Waals surface area contributed by atoms with Gasteiger partial charge in [-0.25, -0.2) is 0 Å². The highest BCUT2D eigenvalue weighted by molar-refractivity contribution is 9.10. The Morgan fingerprint density at radius 3 is 2.55 bits per heavy atom. The molecule has 1 aromatic rings. The number of benzene rings is 1. The fourth-order valence-corrected chi connectivity index (χ4v) is 2.77. The van der Waals surface area contributed by atoms with Gasteiger partial charge in [0.25, 0.3) is 5.91 Å². The highest BCUT2D eigenvalue weighted by Crippen LogP contribution is 2.29. The van der Waals surface area contributed by atoms with E-state index in [0.29, 0.717) is 5.75 Å². The van der Waals surface area contributed by atoms with Gasteiger partial charge in [-0.1, -0.05) is 28.8 Å². The summed E-state index contributed by atoms with van der Waals surface area (Å²) in [7, 11) is 0. The van der Waals surface area contributed by atoms with E-state index < -0.39 is 11.6 Å². The number of nitrogens with one attached hydrogen (secondary N) is 1. The zero-order valence-corrected chi connectivity index (χ0v) is 13.1. The molecular weight excluding hydrogens is 322 g/mol. The third-order valence-electron chi connectivity index (χ3n) is 3.75. The van der Waals surface area contributed by atoms with Gasteiger partial charge in [-0.3, -0.25) is 4.79 Å². The number of hydrogen-bond acceptors (Lipinski definition) is 3. The van der Waals surface area contributed by atoms with Gasteiger partial charge in [0.05, 0.1) is 12.1 Å². The molecule has 1 aliphatic carbocycles. The lowest BCUT2D eigenvalue weighted by Gasteiger charge is -2.29. The second-order valence-corrected chi connectivity index (χ2v) is 6.26. The molecule has 20 heavy (non-hydrogen) atoms. The minimum absolute atomic E-state index is 0.0102. The Morgan fingerprint density at radius 2 is 2.00 bits per heavy atom. The second-order valence-electron chi connectivity index (χ2n) is 5.35. The van der Waals surface area contributed by atoms with Crippen molar-refractivity contribution in [3.05, 3.63) is 28.7 Å². The molecule has 1 amide bonds. The lowest BCUT2D eigenvalue weighted by molar-refractivity contribution is -0.129. The summed E-state index contributed by atoms with van der Waals surface area (Å²) in [6.07, 6.45) is 3.17. The number of aliphatic hydroxyl groups excluding tert-OH is 1. The summed E-state index contributed by atoms with van der Waals surface area (Å²) in [5, 5.41) is 12.5. The van der Waals surface area contributed by atoms with Crippen molar-refractivity contribution in [3.63, 3.8) is 0 Å². The lowest BCUT2D eigenvalue weighted by atomic mass is 9.98. The first-order chi connectivity index (χ1) is 9.54. The fraction of sp³-hybridized carbons (Fsp3) is 0.533. The van der Waals surface area contributed by atoms with Crippen LogP contribution in [0.25, 0.3) is 0 Å². The standard InChI is InChI=1S/C15H20BrNO3/c1-11(20-13-6-4-12(16)5-7-13)14(19)17-15(10-18)8-2-3-9-15/h4-7,11,18H,2-3,8-10H2,1H3,(H,17,19). The number of carbonyl (C=O) groups excluding carboxylic acids is 1. The van der Waals surface area contributed by atoms with Gasteiger partial charge in [0.1, 0.15) is 5.75 Å². The van der Waals surface area contributed by atoms with E-state index >= 15 is 0 Å². The molecule has 4 nitrogen and oxygen atoms in total. The first-order valence-corrected chi connectivity index (χ1v) is 7.69. The van der Waals surface area contributed by atoms with Crippen molar-refractivity contribution in [2.45, 2.75) is 44.2 Å². The number of carbonyl (C=O) groups is 1. The minimum Gasteiger partial charge on any atom is -0.481 e. The zero-order chi connectivity index (χ0) is 14.6. The van der Waals surface area contributed by atoms with Crippen molar-refractivity contribution in [1.29, 1.82) is 0 Å². The lowest BCUT2D eigenvalue weighted by Crippen LogP contribution is -2.52. The highest BCUT2D eigenvalue weighted by atomic mass is 79.9. The smallest absolute Gasteiger partial charge is 0.261 e. The van der Waals surface area contributed by atoms with Crippen LogP contribution in [-0.4, -0.2) is 29.3 Å². The van der Waals surface area contributed by atoms with Crippen LogP contribution in [0.5, 0.6) is 5.75 Å². The van der Waals surface area contributed by atoms with E-state index in [1.54, 1.807) is 6.92 Å². The van der Waals surface area contributed by atoms with Crippen molar-refractivity contribution in [2.24, 2.45) is 0 Å². The number of aliphatic hydroxyl groups is 1. The second kappa shape index (κ2) is 6.59. The van der Waals surface area contributed by atoms with E-state index in [2.05, 4.69) is 21.2 Å². The van der Waals surface area contributed by atoms with Crippen LogP contribution in [-0.2, 0) is 4.79 Å². The van der Waals surface area contributed by atoms with Crippen LogP contribution in [0, 0.1) is 0 Å². The van der Waals surface area contributed by atoms with Crippen molar-refractivity contribution in [2.75, 3.05) is 6.61 Å². The number of amides is 1. The predicted molar refractivity (Wildman–Crippen MR) is 80.7 cm³/mol. The van der Waals surface area contributed by atoms with E-state index in [1.807, 2.05) is 24.3 Å². The molecule has 1 fully saturated rings. The summed E-state index contributed by atoms with van der Waals surface area (Å²) < 4.78 is 6.58. The van der Waals surface area contributed by atoms with Crippen LogP contribution in [0.15, 0.2) is 28.7 Å². The normalized spacial score (nSPS) is 18.6. The van der Waals surface area contributed by atoms with Crippen LogP contribution >= 0.6 is 15.9 Å². The molecule has 2 N–H and O–H groups in total. The Labute approximate surface area is 127 Å². The Hall–Kier alpha value is -1.07. The summed E-state index contributed by atoms with van der Waals surface area (Å²) in [6.45, 7) is 1.71. The Morgan fingerprint density at radius 1 is 1.40 bits per heavy atom. The topological polar surface area (TPSA) is 58.6 Å². The Bertz CT molecular complexity index is 455. The van der Waals surface area contributed by atoms with Crippen molar-refractivity contribution in [3.8, 4) is 5.75 Å². The third-order valence-corrected chi connectivity index (χ3v) is 4.28. The average molecular weight is 342 g/mol. The molecule has 1 saturated carbocycles. The highest BCUT2D eigenvalue weighted by Gasteiger charge is 2.35. The van der Waals surface area contributed by atoms with Crippen molar-refractivity contribution < 1.29 is 14.6 Å². The largest absolute Gasteiger partial charge is 0.481 e. The van der Waals surface area contributed by atoms with E-state index in [-0.39, 0.29) is 12.5 Å². The molecule has 0 aliphatic heterocycles. The van der Waals surface area contributed by atoms with Gasteiger partial charge >= 0.3 is 0 Å². The molecular formula is C15H20BrNO3. The molecule has 0 aromatic heterocycles. The van der Waals surface area contributed by atoms with E-state index in [9.17, 15) is 9.90 Å². The number of ether oxygens (including phenoxy) is 1. The molecule has 1 atom stereocenters. The maximum absolute atomic E-state index is 12.2. The number of rotatable bonds is 5. The SMILES string of the molecule is CC(Oc1ccc(Br)cc1)C(=O)NC1(CO)CCCC1. The van der Waals surface area contributed by atoms with Crippen LogP contribution in [0.1, 0.15) is 32.6 Å². The minimum atomic E-state index is -0.583. The van der Waals surface area contributed by atoms with E-state index in [1.165, 1.54) is 0 Å². The van der Waals surface area contributed by atoms with Crippen molar-refractivity contribution in [1.82, 2.24) is 5.32 Å². The molecule has 0 radical (unpaired) electrons. The van der Waals surface area contributed by atoms with E-state index in [4.69, 9.17) is 4.74 Å². The zero-order valence-electron chi connectivity index (χ0n) is 11.6. The number of halogens is 1. The first-order valence-electron chi connectivity index (χ1n) is 6.90. The van der Waals surface area contributed by atoms with Gasteiger partial charge in [-0.2, -0.15) is 0 Å². The Balaban J connectivity index is 1.93. The summed E-state index contributed by atoms with van der Waals surface area (Å²) in [6, 6.07) is 7.36. The molecule has 0 bridgehead atoms. The average Bonchev–Trinajstić information content (AvgIpc) is 2.90. The first kappa shape index (κ1) is 15.3. The maximum atomic E-state index is 12.2. The third kappa shape index (κ3) is 3.73. The van der Waals surface area contributed by atoms with Gasteiger partial charge in [0, 0.05) is 4.47 Å². The van der Waals surface area contributed by atoms with Crippen molar-refractivity contribution >= 4 is 21.8 Å². The fourth-order valence-electron chi connectivity index (χ4n) is 2.51. The summed E-state index contributed by atoms with van der Waals surface area (Å²) >= 11 is 3.35. The monoisotopic (exact) mass is 341 g/mol. The molecule has 5 heteroatoms. The molecule has 110 valence electrons. The van der Waals surface area contributed by atoms with Crippen LogP contribution < -0.4 is 10.1 Å². The molecule has 1 unspecified atom stereocenters. The van der Waals surface area contributed by atoms with Gasteiger partial charge in [-0.05, 0) is 44.0 Å². The summed E-state index contributed by atoms with van der Waals surface area (Å²) in [5.41, 5.74) is -0.450. The quantitative estimate of drug-likeness (QED) is 0.865. The predicted octanol–water partition coefficient (Wildman–Crippen LogP) is 2.64. The molecule has 1 aliphatic rings. The number of hydrogen-bond donors (Lipinski definition) is 2. The molecule has 1 aromatic carbocycles. The molecule has 0 saturated heterocycles. The van der Waals surface area contributed by atoms with E-state index in [0.717, 1.165) is 30.2 Å². The Kier molecular flexibility index (Phi) is 5.05. The van der Waals surface area contributed by atoms with Crippen LogP contribution in [0.2, 0.25) is 0 Å². The summed E-state index contributed by atoms with van der Waals surface area (Å²) in [5.74, 6) is 0.476. The van der Waals surface area contributed by atoms with Gasteiger partial charge in [0.2, 0.25) is 0 Å². The van der Waals surface area contributed by atoms with Gasteiger partial charge in [-0.15, -0.1) is 0 Å². The van der Waals surface area contributed by atoms with Crippen LogP contribution in [0.3, 0.4) is 0 Å². The van der Waals surface area contributed by atoms with Crippen LogP contribution in [0.4, 0.5) is 0 Å². The maximum Gasteiger partial charge on any atom is 0.261 e. The molecule has 2 rings (SSSR count). The van der Waals surface area contributed by atoms with Gasteiger partial charge < -0.3 is 15.2 Å². The van der Waals surface area contributed by atoms with Gasteiger partial charge in [0.15, 0.2) is 6.10 Å². The molecule has 0 heterocycles. The summed E-state index contributed by atoms with van der Waals surface area (Å²) in [4.78, 5) is 12.2. The molecule has 0 spiro atoms.